The van der Waals surface area contributed by atoms with Gasteiger partial charge in [0.15, 0.2) is 18.7 Å². The van der Waals surface area contributed by atoms with Crippen molar-refractivity contribution in [3.63, 3.8) is 0 Å². The molecule has 2 heterocycles. The molecule has 2 fully saturated rings. The highest BCUT2D eigenvalue weighted by Crippen LogP contribution is 2.27. The number of allylic oxidation sites excluding steroid dienone is 4. The standard InChI is InChI=1S/C55H100O15/c1-3-5-7-9-11-13-15-16-17-18-19-20-21-22-23-24-25-26-28-29-31-33-35-37-46(57)65-40-43(68-47(58)38-36-34-32-30-27-14-12-10-8-6-4-2)41-66-54-53(64)51(62)49(60)45(70-54)42-67-55-52(63)50(61)48(59)44(39-56)69-55/h10,12,29,31,43-45,48-56,59-64H,3-9,11,13-28,30,32-42H2,1-2H3/b12-10+,31-29+/t43-,44+,45+,48-,49-,50?,51?,52?,53?,54+,55+/m0/s1. The fourth-order valence-corrected chi connectivity index (χ4v) is 8.79. The highest BCUT2D eigenvalue weighted by atomic mass is 16.7. The van der Waals surface area contributed by atoms with E-state index in [4.69, 9.17) is 28.4 Å². The molecule has 410 valence electrons. The van der Waals surface area contributed by atoms with Gasteiger partial charge in [0.2, 0.25) is 0 Å². The molecule has 0 bridgehead atoms. The van der Waals surface area contributed by atoms with Crippen molar-refractivity contribution < 1.29 is 73.8 Å². The number of ether oxygens (including phenoxy) is 6. The molecule has 7 N–H and O–H groups in total. The summed E-state index contributed by atoms with van der Waals surface area (Å²) in [5, 5.41) is 72.1. The molecule has 0 aliphatic carbocycles. The number of aliphatic hydroxyl groups excluding tert-OH is 7. The normalized spacial score (nSPS) is 25.5. The Morgan fingerprint density at radius 3 is 1.34 bits per heavy atom. The van der Waals surface area contributed by atoms with E-state index in [0.29, 0.717) is 12.8 Å². The van der Waals surface area contributed by atoms with Crippen molar-refractivity contribution in [1.82, 2.24) is 0 Å². The Bertz CT molecular complexity index is 1310. The van der Waals surface area contributed by atoms with Gasteiger partial charge >= 0.3 is 11.9 Å². The van der Waals surface area contributed by atoms with Gasteiger partial charge in [-0.2, -0.15) is 0 Å². The molecule has 0 radical (unpaired) electrons. The molecule has 15 nitrogen and oxygen atoms in total. The summed E-state index contributed by atoms with van der Waals surface area (Å²) in [6, 6.07) is 0. The van der Waals surface area contributed by atoms with Crippen LogP contribution in [0, 0.1) is 0 Å². The smallest absolute Gasteiger partial charge is 0.306 e. The topological polar surface area (TPSA) is 231 Å². The van der Waals surface area contributed by atoms with Gasteiger partial charge in [-0.3, -0.25) is 9.59 Å². The van der Waals surface area contributed by atoms with Crippen molar-refractivity contribution in [2.45, 2.75) is 287 Å². The van der Waals surface area contributed by atoms with Crippen molar-refractivity contribution in [2.24, 2.45) is 0 Å². The highest BCUT2D eigenvalue weighted by Gasteiger charge is 2.47. The van der Waals surface area contributed by atoms with E-state index in [1.807, 2.05) is 0 Å². The summed E-state index contributed by atoms with van der Waals surface area (Å²) in [6.45, 7) is 2.54. The predicted octanol–water partition coefficient (Wildman–Crippen LogP) is 8.72. The molecule has 0 aromatic rings. The van der Waals surface area contributed by atoms with Crippen LogP contribution in [0.4, 0.5) is 0 Å². The molecule has 2 aliphatic rings. The maximum Gasteiger partial charge on any atom is 0.306 e. The molecule has 70 heavy (non-hydrogen) atoms. The van der Waals surface area contributed by atoms with E-state index < -0.39 is 99.3 Å². The number of hydrogen-bond donors (Lipinski definition) is 7. The Morgan fingerprint density at radius 1 is 0.443 bits per heavy atom. The second-order valence-corrected chi connectivity index (χ2v) is 19.8. The zero-order valence-electron chi connectivity index (χ0n) is 43.5. The van der Waals surface area contributed by atoms with Crippen LogP contribution in [0.3, 0.4) is 0 Å². The molecular weight excluding hydrogens is 901 g/mol. The first kappa shape index (κ1) is 64.1. The van der Waals surface area contributed by atoms with Gasteiger partial charge in [-0.15, -0.1) is 0 Å². The number of carbonyl (C=O) groups excluding carboxylic acids is 2. The van der Waals surface area contributed by atoms with Crippen LogP contribution in [0.15, 0.2) is 24.3 Å². The second kappa shape index (κ2) is 42.3. The molecule has 11 atom stereocenters. The second-order valence-electron chi connectivity index (χ2n) is 19.8. The van der Waals surface area contributed by atoms with Gasteiger partial charge in [0, 0.05) is 12.8 Å². The molecule has 4 unspecified atom stereocenters. The van der Waals surface area contributed by atoms with Crippen LogP contribution < -0.4 is 0 Å². The third kappa shape index (κ3) is 29.6. The number of unbranched alkanes of at least 4 members (excludes halogenated alkanes) is 26. The van der Waals surface area contributed by atoms with E-state index in [9.17, 15) is 45.3 Å². The number of carbonyl (C=O) groups is 2. The van der Waals surface area contributed by atoms with Gasteiger partial charge in [-0.05, 0) is 51.4 Å². The zero-order chi connectivity index (χ0) is 51.0. The monoisotopic (exact) mass is 1000 g/mol. The molecular formula is C55H100O15. The van der Waals surface area contributed by atoms with E-state index in [-0.39, 0.29) is 19.4 Å². The summed E-state index contributed by atoms with van der Waals surface area (Å²) in [7, 11) is 0. The van der Waals surface area contributed by atoms with Gasteiger partial charge in [-0.1, -0.05) is 179 Å². The van der Waals surface area contributed by atoms with Gasteiger partial charge in [0.05, 0.1) is 19.8 Å². The van der Waals surface area contributed by atoms with Crippen LogP contribution in [0.5, 0.6) is 0 Å². The van der Waals surface area contributed by atoms with Crippen LogP contribution in [-0.2, 0) is 38.0 Å². The summed E-state index contributed by atoms with van der Waals surface area (Å²) >= 11 is 0. The lowest BCUT2D eigenvalue weighted by atomic mass is 9.98. The van der Waals surface area contributed by atoms with Crippen molar-refractivity contribution in [2.75, 3.05) is 26.4 Å². The minimum Gasteiger partial charge on any atom is -0.462 e. The molecule has 0 aromatic heterocycles. The first-order valence-corrected chi connectivity index (χ1v) is 27.9. The van der Waals surface area contributed by atoms with E-state index in [0.717, 1.165) is 57.8 Å². The van der Waals surface area contributed by atoms with Crippen LogP contribution >= 0.6 is 0 Å². The minimum absolute atomic E-state index is 0.151. The number of rotatable bonds is 44. The molecule has 15 heteroatoms. The Labute approximate surface area is 422 Å². The molecule has 2 saturated heterocycles. The number of esters is 2. The van der Waals surface area contributed by atoms with Crippen LogP contribution in [0.2, 0.25) is 0 Å². The van der Waals surface area contributed by atoms with Gasteiger partial charge in [-0.25, -0.2) is 0 Å². The summed E-state index contributed by atoms with van der Waals surface area (Å²) in [5.74, 6) is -0.967. The molecule has 0 amide bonds. The Balaban J connectivity index is 1.73. The van der Waals surface area contributed by atoms with E-state index in [2.05, 4.69) is 38.2 Å². The van der Waals surface area contributed by atoms with Crippen LogP contribution in [-0.4, -0.2) is 142 Å². The fourth-order valence-electron chi connectivity index (χ4n) is 8.79. The van der Waals surface area contributed by atoms with E-state index in [1.54, 1.807) is 0 Å². The quantitative estimate of drug-likeness (QED) is 0.0172. The van der Waals surface area contributed by atoms with E-state index in [1.165, 1.54) is 122 Å². The Hall–Kier alpha value is -2.02. The average Bonchev–Trinajstić information content (AvgIpc) is 3.35. The van der Waals surface area contributed by atoms with Gasteiger partial charge < -0.3 is 64.2 Å². The number of aliphatic hydroxyl groups is 7. The lowest BCUT2D eigenvalue weighted by Crippen LogP contribution is -2.61. The Kier molecular flexibility index (Phi) is 38.8. The molecule has 0 aromatic carbocycles. The molecule has 2 aliphatic heterocycles. The van der Waals surface area contributed by atoms with Crippen molar-refractivity contribution in [3.05, 3.63) is 24.3 Å². The lowest BCUT2D eigenvalue weighted by molar-refractivity contribution is -0.332. The first-order valence-electron chi connectivity index (χ1n) is 27.9. The Morgan fingerprint density at radius 2 is 0.843 bits per heavy atom. The van der Waals surface area contributed by atoms with Crippen molar-refractivity contribution in [3.8, 4) is 0 Å². The summed E-state index contributed by atoms with van der Waals surface area (Å²) < 4.78 is 33.5. The third-order valence-corrected chi connectivity index (χ3v) is 13.4. The predicted molar refractivity (Wildman–Crippen MR) is 271 cm³/mol. The third-order valence-electron chi connectivity index (χ3n) is 13.4. The van der Waals surface area contributed by atoms with Crippen molar-refractivity contribution >= 4 is 11.9 Å². The van der Waals surface area contributed by atoms with Gasteiger partial charge in [0.1, 0.15) is 55.4 Å². The summed E-state index contributed by atoms with van der Waals surface area (Å²) in [5.41, 5.74) is 0. The summed E-state index contributed by atoms with van der Waals surface area (Å²) in [6.07, 6.45) is 28.1. The lowest BCUT2D eigenvalue weighted by Gasteiger charge is -2.42. The zero-order valence-corrected chi connectivity index (χ0v) is 43.5. The summed E-state index contributed by atoms with van der Waals surface area (Å²) in [4.78, 5) is 25.7. The maximum atomic E-state index is 13.0. The molecule has 0 saturated carbocycles. The molecule has 2 rings (SSSR count). The minimum atomic E-state index is -1.77. The fraction of sp³-hybridized carbons (Fsp3) is 0.891. The van der Waals surface area contributed by atoms with Gasteiger partial charge in [0.25, 0.3) is 0 Å². The highest BCUT2D eigenvalue weighted by molar-refractivity contribution is 5.70. The van der Waals surface area contributed by atoms with Crippen molar-refractivity contribution in [1.29, 1.82) is 0 Å². The van der Waals surface area contributed by atoms with Crippen LogP contribution in [0.1, 0.15) is 219 Å². The van der Waals surface area contributed by atoms with Crippen LogP contribution in [0.25, 0.3) is 0 Å². The maximum absolute atomic E-state index is 13.0. The largest absolute Gasteiger partial charge is 0.462 e. The van der Waals surface area contributed by atoms with E-state index >= 15 is 0 Å². The number of hydrogen-bond acceptors (Lipinski definition) is 15. The average molecular weight is 1000 g/mol. The first-order chi connectivity index (χ1) is 34.0. The SMILES string of the molecule is CCCC/C=C/CCCCCCCC(=O)O[C@@H](COC(=O)CCC/C=C/CCCCCCCCCCCCCCCCCCCC)CO[C@@H]1O[C@H](CO[C@@H]2O[C@H](CO)[C@H](O)C(O)C2O)[C@H](O)C(O)C1O. The molecule has 0 spiro atoms.